The minimum atomic E-state index is -3.14. The molecule has 1 aromatic carbocycles. The van der Waals surface area contributed by atoms with Crippen molar-refractivity contribution in [2.45, 2.75) is 31.7 Å². The molecule has 0 bridgehead atoms. The number of nitrogens with one attached hydrogen (secondary N) is 1. The summed E-state index contributed by atoms with van der Waals surface area (Å²) in [4.78, 5) is 8.99. The van der Waals surface area contributed by atoms with E-state index in [1.807, 2.05) is 13.0 Å². The van der Waals surface area contributed by atoms with Crippen LogP contribution in [-0.2, 0) is 22.8 Å². The molecule has 0 aliphatic rings. The highest BCUT2D eigenvalue weighted by atomic mass is 32.2. The van der Waals surface area contributed by atoms with Crippen molar-refractivity contribution in [2.24, 2.45) is 0 Å². The first kappa shape index (κ1) is 15.4. The van der Waals surface area contributed by atoms with Gasteiger partial charge < -0.3 is 5.32 Å². The van der Waals surface area contributed by atoms with E-state index in [0.29, 0.717) is 11.4 Å². The Hall–Kier alpha value is -1.95. The van der Waals surface area contributed by atoms with Crippen molar-refractivity contribution in [2.75, 3.05) is 11.6 Å². The number of sulfone groups is 1. The van der Waals surface area contributed by atoms with Crippen LogP contribution in [0.3, 0.4) is 0 Å². The number of aryl methyl sites for hydroxylation is 2. The summed E-state index contributed by atoms with van der Waals surface area (Å²) in [5, 5.41) is 3.23. The molecule has 0 atom stereocenters. The van der Waals surface area contributed by atoms with E-state index in [2.05, 4.69) is 22.2 Å². The van der Waals surface area contributed by atoms with Gasteiger partial charge in [0.2, 0.25) is 0 Å². The third-order valence-electron chi connectivity index (χ3n) is 3.08. The molecule has 0 unspecified atom stereocenters. The molecule has 1 aromatic heterocycles. The van der Waals surface area contributed by atoms with Crippen molar-refractivity contribution >= 4 is 15.7 Å². The average molecular weight is 305 g/mol. The summed E-state index contributed by atoms with van der Waals surface area (Å²) in [7, 11) is -3.14. The van der Waals surface area contributed by atoms with E-state index < -0.39 is 9.84 Å². The lowest BCUT2D eigenvalue weighted by Gasteiger charge is -2.08. The summed E-state index contributed by atoms with van der Waals surface area (Å²) in [5.41, 5.74) is 1.99. The summed E-state index contributed by atoms with van der Waals surface area (Å²) in [6.45, 7) is 4.50. The second-order valence-corrected chi connectivity index (χ2v) is 6.93. The summed E-state index contributed by atoms with van der Waals surface area (Å²) in [6, 6.07) is 8.78. The van der Waals surface area contributed by atoms with Gasteiger partial charge in [-0.2, -0.15) is 0 Å². The molecule has 0 fully saturated rings. The van der Waals surface area contributed by atoms with Crippen LogP contribution in [0.1, 0.15) is 24.0 Å². The highest BCUT2D eigenvalue weighted by Gasteiger charge is 2.06. The lowest BCUT2D eigenvalue weighted by atomic mass is 10.2. The van der Waals surface area contributed by atoms with Crippen LogP contribution < -0.4 is 5.32 Å². The van der Waals surface area contributed by atoms with Crippen LogP contribution in [0.5, 0.6) is 0 Å². The van der Waals surface area contributed by atoms with Crippen molar-refractivity contribution in [1.82, 2.24) is 9.97 Å². The second kappa shape index (κ2) is 6.22. The summed E-state index contributed by atoms with van der Waals surface area (Å²) in [5.74, 6) is 1.52. The minimum Gasteiger partial charge on any atom is -0.366 e. The summed E-state index contributed by atoms with van der Waals surface area (Å²) < 4.78 is 22.8. The summed E-state index contributed by atoms with van der Waals surface area (Å²) in [6.07, 6.45) is 2.07. The molecule has 0 aliphatic carbocycles. The lowest BCUT2D eigenvalue weighted by molar-refractivity contribution is 0.602. The van der Waals surface area contributed by atoms with E-state index in [-0.39, 0.29) is 0 Å². The predicted molar refractivity (Wildman–Crippen MR) is 83.0 cm³/mol. The van der Waals surface area contributed by atoms with Gasteiger partial charge in [0.15, 0.2) is 9.84 Å². The van der Waals surface area contributed by atoms with Crippen LogP contribution in [0.25, 0.3) is 0 Å². The first-order valence-electron chi connectivity index (χ1n) is 6.76. The van der Waals surface area contributed by atoms with Crippen LogP contribution in [0.2, 0.25) is 0 Å². The fourth-order valence-electron chi connectivity index (χ4n) is 1.95. The molecule has 5 nitrogen and oxygen atoms in total. The molecule has 0 amide bonds. The number of nitrogens with zero attached hydrogens (tertiary/aromatic N) is 2. The molecule has 0 spiro atoms. The van der Waals surface area contributed by atoms with E-state index in [1.165, 1.54) is 6.26 Å². The van der Waals surface area contributed by atoms with Gasteiger partial charge in [-0.05, 0) is 31.0 Å². The number of benzene rings is 1. The fourth-order valence-corrected chi connectivity index (χ4v) is 2.58. The zero-order valence-electron chi connectivity index (χ0n) is 12.4. The first-order valence-corrected chi connectivity index (χ1v) is 8.65. The summed E-state index contributed by atoms with van der Waals surface area (Å²) >= 11 is 0. The van der Waals surface area contributed by atoms with Crippen LogP contribution in [0.4, 0.5) is 5.82 Å². The average Bonchev–Trinajstić information content (AvgIpc) is 2.44. The monoisotopic (exact) mass is 305 g/mol. The lowest BCUT2D eigenvalue weighted by Crippen LogP contribution is -2.05. The number of anilines is 1. The molecule has 0 saturated carbocycles. The van der Waals surface area contributed by atoms with Gasteiger partial charge in [0.1, 0.15) is 11.6 Å². The van der Waals surface area contributed by atoms with E-state index in [4.69, 9.17) is 0 Å². The van der Waals surface area contributed by atoms with E-state index in [9.17, 15) is 8.42 Å². The number of hydrogen-bond donors (Lipinski definition) is 1. The third kappa shape index (κ3) is 4.26. The van der Waals surface area contributed by atoms with Gasteiger partial charge in [0.05, 0.1) is 4.90 Å². The van der Waals surface area contributed by atoms with E-state index in [0.717, 1.165) is 29.3 Å². The molecular formula is C15H19N3O2S. The van der Waals surface area contributed by atoms with Crippen LogP contribution in [-0.4, -0.2) is 24.6 Å². The molecule has 1 heterocycles. The molecule has 0 aliphatic heterocycles. The van der Waals surface area contributed by atoms with E-state index in [1.54, 1.807) is 24.3 Å². The van der Waals surface area contributed by atoms with Crippen LogP contribution in [0.15, 0.2) is 35.2 Å². The fraction of sp³-hybridized carbons (Fsp3) is 0.333. The normalized spacial score (nSPS) is 11.4. The Labute approximate surface area is 125 Å². The zero-order chi connectivity index (χ0) is 15.5. The van der Waals surface area contributed by atoms with Crippen molar-refractivity contribution in [1.29, 1.82) is 0 Å². The maximum Gasteiger partial charge on any atom is 0.175 e. The highest BCUT2D eigenvalue weighted by Crippen LogP contribution is 2.13. The van der Waals surface area contributed by atoms with Gasteiger partial charge in [-0.1, -0.05) is 19.1 Å². The molecule has 1 N–H and O–H groups in total. The second-order valence-electron chi connectivity index (χ2n) is 4.91. The van der Waals surface area contributed by atoms with Gasteiger partial charge in [-0.15, -0.1) is 0 Å². The van der Waals surface area contributed by atoms with Crippen molar-refractivity contribution in [3.63, 3.8) is 0 Å². The van der Waals surface area contributed by atoms with Crippen LogP contribution in [0, 0.1) is 6.92 Å². The first-order chi connectivity index (χ1) is 9.88. The van der Waals surface area contributed by atoms with Gasteiger partial charge in [-0.3, -0.25) is 0 Å². The number of aromatic nitrogens is 2. The number of rotatable bonds is 5. The maximum absolute atomic E-state index is 11.4. The standard InChI is InChI=1S/C15H19N3O2S/c1-4-13-9-15(18-11(2)17-13)16-10-12-5-7-14(8-6-12)21(3,19)20/h5-9H,4,10H2,1-3H3,(H,16,17,18). The maximum atomic E-state index is 11.4. The Morgan fingerprint density at radius 3 is 2.38 bits per heavy atom. The van der Waals surface area contributed by atoms with Crippen LogP contribution >= 0.6 is 0 Å². The van der Waals surface area contributed by atoms with Crippen molar-refractivity contribution in [3.05, 3.63) is 47.4 Å². The molecule has 2 aromatic rings. The Morgan fingerprint density at radius 1 is 1.14 bits per heavy atom. The van der Waals surface area contributed by atoms with E-state index >= 15 is 0 Å². The Balaban J connectivity index is 2.08. The Bertz CT molecular complexity index is 725. The van der Waals surface area contributed by atoms with Gasteiger partial charge >= 0.3 is 0 Å². The molecular weight excluding hydrogens is 286 g/mol. The molecule has 112 valence electrons. The predicted octanol–water partition coefficient (Wildman–Crippen LogP) is 2.36. The molecule has 0 radical (unpaired) electrons. The van der Waals surface area contributed by atoms with Gasteiger partial charge in [-0.25, -0.2) is 18.4 Å². The quantitative estimate of drug-likeness (QED) is 0.918. The zero-order valence-corrected chi connectivity index (χ0v) is 13.2. The molecule has 6 heteroatoms. The van der Waals surface area contributed by atoms with Crippen molar-refractivity contribution < 1.29 is 8.42 Å². The molecule has 2 rings (SSSR count). The Kier molecular flexibility index (Phi) is 4.57. The number of hydrogen-bond acceptors (Lipinski definition) is 5. The minimum absolute atomic E-state index is 0.331. The molecule has 0 saturated heterocycles. The highest BCUT2D eigenvalue weighted by molar-refractivity contribution is 7.90. The molecule has 21 heavy (non-hydrogen) atoms. The third-order valence-corrected chi connectivity index (χ3v) is 4.21. The SMILES string of the molecule is CCc1cc(NCc2ccc(S(C)(=O)=O)cc2)nc(C)n1. The topological polar surface area (TPSA) is 72.0 Å². The smallest absolute Gasteiger partial charge is 0.175 e. The van der Waals surface area contributed by atoms with Crippen molar-refractivity contribution in [3.8, 4) is 0 Å². The van der Waals surface area contributed by atoms with Gasteiger partial charge in [0.25, 0.3) is 0 Å². The largest absolute Gasteiger partial charge is 0.366 e. The van der Waals surface area contributed by atoms with Gasteiger partial charge in [0, 0.05) is 24.6 Å². The Morgan fingerprint density at radius 2 is 1.81 bits per heavy atom.